The average molecular weight is 258 g/mol. The smallest absolute Gasteiger partial charge is 0.140 e. The second-order valence-corrected chi connectivity index (χ2v) is 6.54. The maximum atomic E-state index is 12.6. The molecule has 0 bridgehead atoms. The van der Waals surface area contributed by atoms with E-state index in [1.54, 1.807) is 0 Å². The van der Waals surface area contributed by atoms with Crippen molar-refractivity contribution in [1.82, 2.24) is 0 Å². The Morgan fingerprint density at radius 3 is 2.16 bits per heavy atom. The minimum atomic E-state index is 0.287. The molecule has 0 aliphatic heterocycles. The normalized spacial score (nSPS) is 26.7. The Kier molecular flexibility index (Phi) is 4.13. The number of rotatable bonds is 3. The van der Waals surface area contributed by atoms with E-state index in [-0.39, 0.29) is 5.92 Å². The predicted octanol–water partition coefficient (Wildman–Crippen LogP) is 4.41. The first-order valence-electron chi connectivity index (χ1n) is 7.49. The third kappa shape index (κ3) is 2.91. The summed E-state index contributed by atoms with van der Waals surface area (Å²) in [5.41, 5.74) is 5.07. The van der Waals surface area contributed by atoms with Crippen LogP contribution in [0.2, 0.25) is 0 Å². The number of benzene rings is 1. The molecule has 1 aliphatic carbocycles. The van der Waals surface area contributed by atoms with E-state index >= 15 is 0 Å². The van der Waals surface area contributed by atoms with Gasteiger partial charge in [0.25, 0.3) is 0 Å². The van der Waals surface area contributed by atoms with Gasteiger partial charge in [-0.2, -0.15) is 0 Å². The number of carbonyl (C=O) groups is 1. The largest absolute Gasteiger partial charge is 0.299 e. The molecule has 1 nitrogen and oxygen atoms in total. The second-order valence-electron chi connectivity index (χ2n) is 6.54. The molecule has 3 atom stereocenters. The number of carbonyl (C=O) groups excluding carboxylic acids is 1. The van der Waals surface area contributed by atoms with Gasteiger partial charge < -0.3 is 0 Å². The lowest BCUT2D eigenvalue weighted by atomic mass is 9.85. The molecule has 0 N–H and O–H groups in total. The fraction of sp³-hybridized carbons (Fsp3) is 0.611. The lowest BCUT2D eigenvalue weighted by molar-refractivity contribution is -0.123. The van der Waals surface area contributed by atoms with E-state index in [0.29, 0.717) is 24.0 Å². The monoisotopic (exact) mass is 258 g/mol. The number of aryl methyl sites for hydroxylation is 3. The predicted molar refractivity (Wildman–Crippen MR) is 80.4 cm³/mol. The number of hydrogen-bond donors (Lipinski definition) is 0. The molecule has 1 saturated carbocycles. The van der Waals surface area contributed by atoms with Gasteiger partial charge in [-0.25, -0.2) is 0 Å². The van der Waals surface area contributed by atoms with Crippen LogP contribution in [0.4, 0.5) is 0 Å². The van der Waals surface area contributed by atoms with Gasteiger partial charge in [-0.15, -0.1) is 0 Å². The molecule has 1 aromatic carbocycles. The van der Waals surface area contributed by atoms with E-state index < -0.39 is 0 Å². The highest BCUT2D eigenvalue weighted by molar-refractivity contribution is 5.84. The van der Waals surface area contributed by atoms with Gasteiger partial charge in [-0.3, -0.25) is 4.79 Å². The van der Waals surface area contributed by atoms with Crippen LogP contribution in [0.3, 0.4) is 0 Å². The molecule has 1 aromatic rings. The van der Waals surface area contributed by atoms with Gasteiger partial charge in [0.15, 0.2) is 0 Å². The van der Waals surface area contributed by atoms with Crippen LogP contribution in [0.1, 0.15) is 48.9 Å². The molecule has 19 heavy (non-hydrogen) atoms. The van der Waals surface area contributed by atoms with Crippen molar-refractivity contribution in [3.63, 3.8) is 0 Å². The van der Waals surface area contributed by atoms with Crippen molar-refractivity contribution in [3.8, 4) is 0 Å². The molecule has 104 valence electrons. The Balaban J connectivity index is 2.16. The second kappa shape index (κ2) is 5.48. The highest BCUT2D eigenvalue weighted by atomic mass is 16.1. The first kappa shape index (κ1) is 14.3. The van der Waals surface area contributed by atoms with Gasteiger partial charge in [0.1, 0.15) is 5.78 Å². The maximum Gasteiger partial charge on any atom is 0.140 e. The third-order valence-corrected chi connectivity index (χ3v) is 5.07. The van der Waals surface area contributed by atoms with Gasteiger partial charge in [-0.05, 0) is 62.1 Å². The van der Waals surface area contributed by atoms with Crippen LogP contribution in [0.5, 0.6) is 0 Å². The standard InChI is InChI=1S/C18H26O/c1-11-8-13(3)17(14(4)9-11)10-18(19)16-7-6-12(2)15(16)5/h8-9,12,15-16H,6-7,10H2,1-5H3. The van der Waals surface area contributed by atoms with Crippen molar-refractivity contribution < 1.29 is 4.79 Å². The SMILES string of the molecule is Cc1cc(C)c(CC(=O)C2CCC(C)C2C)c(C)c1. The highest BCUT2D eigenvalue weighted by Crippen LogP contribution is 2.37. The van der Waals surface area contributed by atoms with Crippen LogP contribution in [-0.2, 0) is 11.2 Å². The summed E-state index contributed by atoms with van der Waals surface area (Å²) in [6.45, 7) is 10.9. The average Bonchev–Trinajstić information content (AvgIpc) is 2.64. The van der Waals surface area contributed by atoms with Gasteiger partial charge >= 0.3 is 0 Å². The van der Waals surface area contributed by atoms with E-state index in [2.05, 4.69) is 46.8 Å². The lowest BCUT2D eigenvalue weighted by Gasteiger charge is -2.18. The molecule has 2 rings (SSSR count). The Morgan fingerprint density at radius 2 is 1.68 bits per heavy atom. The molecule has 0 aromatic heterocycles. The van der Waals surface area contributed by atoms with Crippen LogP contribution in [0, 0.1) is 38.5 Å². The summed E-state index contributed by atoms with van der Waals surface area (Å²) in [5.74, 6) is 2.00. The Labute approximate surface area is 117 Å². The van der Waals surface area contributed by atoms with Crippen molar-refractivity contribution in [1.29, 1.82) is 0 Å². The molecular formula is C18H26O. The minimum Gasteiger partial charge on any atom is -0.299 e. The van der Waals surface area contributed by atoms with Crippen LogP contribution in [-0.4, -0.2) is 5.78 Å². The van der Waals surface area contributed by atoms with Crippen molar-refractivity contribution in [2.75, 3.05) is 0 Å². The minimum absolute atomic E-state index is 0.287. The molecule has 1 aliphatic rings. The maximum absolute atomic E-state index is 12.6. The van der Waals surface area contributed by atoms with Gasteiger partial charge in [0.05, 0.1) is 0 Å². The third-order valence-electron chi connectivity index (χ3n) is 5.07. The summed E-state index contributed by atoms with van der Waals surface area (Å²) in [7, 11) is 0. The molecule has 0 amide bonds. The molecule has 0 spiro atoms. The first-order chi connectivity index (χ1) is 8.90. The van der Waals surface area contributed by atoms with Crippen LogP contribution >= 0.6 is 0 Å². The zero-order chi connectivity index (χ0) is 14.2. The quantitative estimate of drug-likeness (QED) is 0.785. The molecule has 0 radical (unpaired) electrons. The molecule has 1 fully saturated rings. The molecular weight excluding hydrogens is 232 g/mol. The number of Topliss-reactive ketones (excluding diaryl/α,β-unsaturated/α-hetero) is 1. The van der Waals surface area contributed by atoms with E-state index in [9.17, 15) is 4.79 Å². The topological polar surface area (TPSA) is 17.1 Å². The van der Waals surface area contributed by atoms with E-state index in [4.69, 9.17) is 0 Å². The molecule has 1 heteroatoms. The summed E-state index contributed by atoms with van der Waals surface area (Å²) in [6, 6.07) is 4.38. The summed E-state index contributed by atoms with van der Waals surface area (Å²) in [4.78, 5) is 12.6. The van der Waals surface area contributed by atoms with Crippen LogP contribution in [0.15, 0.2) is 12.1 Å². The molecule has 0 heterocycles. The van der Waals surface area contributed by atoms with E-state index in [1.807, 2.05) is 0 Å². The summed E-state index contributed by atoms with van der Waals surface area (Å²) >= 11 is 0. The summed E-state index contributed by atoms with van der Waals surface area (Å²) in [6.07, 6.45) is 2.92. The van der Waals surface area contributed by atoms with Gasteiger partial charge in [0, 0.05) is 12.3 Å². The van der Waals surface area contributed by atoms with Crippen molar-refractivity contribution in [2.24, 2.45) is 17.8 Å². The summed E-state index contributed by atoms with van der Waals surface area (Å²) < 4.78 is 0. The lowest BCUT2D eigenvalue weighted by Crippen LogP contribution is -2.21. The van der Waals surface area contributed by atoms with E-state index in [0.717, 1.165) is 6.42 Å². The highest BCUT2D eigenvalue weighted by Gasteiger charge is 2.34. The Bertz CT molecular complexity index is 463. The Morgan fingerprint density at radius 1 is 1.11 bits per heavy atom. The zero-order valence-electron chi connectivity index (χ0n) is 12.9. The van der Waals surface area contributed by atoms with Gasteiger partial charge in [0.2, 0.25) is 0 Å². The van der Waals surface area contributed by atoms with Crippen molar-refractivity contribution in [3.05, 3.63) is 34.4 Å². The van der Waals surface area contributed by atoms with Crippen molar-refractivity contribution >= 4 is 5.78 Å². The first-order valence-corrected chi connectivity index (χ1v) is 7.49. The van der Waals surface area contributed by atoms with E-state index in [1.165, 1.54) is 28.7 Å². The molecule has 3 unspecified atom stereocenters. The Hall–Kier alpha value is -1.11. The summed E-state index contributed by atoms with van der Waals surface area (Å²) in [5, 5.41) is 0. The molecule has 0 saturated heterocycles. The van der Waals surface area contributed by atoms with Crippen LogP contribution < -0.4 is 0 Å². The van der Waals surface area contributed by atoms with Crippen LogP contribution in [0.25, 0.3) is 0 Å². The zero-order valence-corrected chi connectivity index (χ0v) is 12.9. The van der Waals surface area contributed by atoms with Crippen molar-refractivity contribution in [2.45, 2.75) is 53.9 Å². The number of hydrogen-bond acceptors (Lipinski definition) is 1. The van der Waals surface area contributed by atoms with Gasteiger partial charge in [-0.1, -0.05) is 31.5 Å². The number of ketones is 1. The fourth-order valence-electron chi connectivity index (χ4n) is 3.61. The fourth-order valence-corrected chi connectivity index (χ4v) is 3.61.